The average molecular weight is 293 g/mol. The molecule has 0 saturated carbocycles. The van der Waals surface area contributed by atoms with Gasteiger partial charge in [-0.25, -0.2) is 4.79 Å². The maximum atomic E-state index is 12.7. The summed E-state index contributed by atoms with van der Waals surface area (Å²) in [5.41, 5.74) is -1.99. The van der Waals surface area contributed by atoms with Crippen LogP contribution in [0.4, 0.5) is 18.9 Å². The number of alkyl halides is 3. The number of ether oxygens (including phenoxy) is 1. The monoisotopic (exact) mass is 293 g/mol. The highest BCUT2D eigenvalue weighted by Crippen LogP contribution is 2.33. The van der Waals surface area contributed by atoms with Crippen LogP contribution in [0.25, 0.3) is 0 Å². The van der Waals surface area contributed by atoms with E-state index in [1.807, 2.05) is 0 Å². The number of anilines is 1. The molecule has 5 nitrogen and oxygen atoms in total. The van der Waals surface area contributed by atoms with Crippen molar-refractivity contribution in [1.29, 1.82) is 0 Å². The number of aliphatic hydroxyl groups excluding tert-OH is 1. The van der Waals surface area contributed by atoms with Crippen LogP contribution in [0.15, 0.2) is 18.2 Å². The standard InChI is InChI=1S/C12H14F3NO4/c1-20-6-8(17)5-16-7-2-3-9(11(18)19)10(4-7)12(13,14)15/h2-4,8,16-17H,5-6H2,1H3,(H,18,19). The first kappa shape index (κ1) is 16.3. The van der Waals surface area contributed by atoms with Crippen LogP contribution < -0.4 is 5.32 Å². The molecule has 112 valence electrons. The lowest BCUT2D eigenvalue weighted by atomic mass is 10.1. The van der Waals surface area contributed by atoms with E-state index < -0.39 is 29.4 Å². The van der Waals surface area contributed by atoms with Crippen molar-refractivity contribution in [2.24, 2.45) is 0 Å². The van der Waals surface area contributed by atoms with Crippen molar-refractivity contribution in [1.82, 2.24) is 0 Å². The average Bonchev–Trinajstić information content (AvgIpc) is 2.35. The zero-order valence-corrected chi connectivity index (χ0v) is 10.6. The van der Waals surface area contributed by atoms with Gasteiger partial charge in [-0.05, 0) is 18.2 Å². The van der Waals surface area contributed by atoms with Gasteiger partial charge in [0.05, 0.1) is 23.8 Å². The van der Waals surface area contributed by atoms with E-state index in [1.165, 1.54) is 13.2 Å². The Morgan fingerprint density at radius 1 is 1.45 bits per heavy atom. The van der Waals surface area contributed by atoms with Gasteiger partial charge in [0, 0.05) is 19.3 Å². The summed E-state index contributed by atoms with van der Waals surface area (Å²) in [6, 6.07) is 2.78. The number of halogens is 3. The summed E-state index contributed by atoms with van der Waals surface area (Å²) < 4.78 is 42.9. The van der Waals surface area contributed by atoms with Crippen LogP contribution in [0.1, 0.15) is 15.9 Å². The number of carbonyl (C=O) groups is 1. The maximum absolute atomic E-state index is 12.7. The highest BCUT2D eigenvalue weighted by molar-refractivity contribution is 5.90. The summed E-state index contributed by atoms with van der Waals surface area (Å²) in [5.74, 6) is -1.65. The largest absolute Gasteiger partial charge is 0.478 e. The molecule has 1 aromatic carbocycles. The van der Waals surface area contributed by atoms with Crippen LogP contribution in [-0.2, 0) is 10.9 Å². The zero-order chi connectivity index (χ0) is 15.3. The van der Waals surface area contributed by atoms with Crippen LogP contribution in [0, 0.1) is 0 Å². The number of aliphatic hydroxyl groups is 1. The molecule has 0 spiro atoms. The molecule has 1 rings (SSSR count). The van der Waals surface area contributed by atoms with E-state index in [4.69, 9.17) is 5.11 Å². The normalized spacial score (nSPS) is 13.1. The first-order valence-corrected chi connectivity index (χ1v) is 5.61. The van der Waals surface area contributed by atoms with E-state index in [2.05, 4.69) is 10.1 Å². The Labute approximate surface area is 113 Å². The molecule has 0 radical (unpaired) electrons. The van der Waals surface area contributed by atoms with E-state index in [0.717, 1.165) is 6.07 Å². The van der Waals surface area contributed by atoms with Gasteiger partial charge in [0.15, 0.2) is 0 Å². The lowest BCUT2D eigenvalue weighted by Crippen LogP contribution is -2.24. The molecule has 0 amide bonds. The van der Waals surface area contributed by atoms with Crippen molar-refractivity contribution < 1.29 is 32.9 Å². The Hall–Kier alpha value is -1.80. The molecule has 0 aliphatic rings. The van der Waals surface area contributed by atoms with Crippen molar-refractivity contribution >= 4 is 11.7 Å². The summed E-state index contributed by atoms with van der Waals surface area (Å²) in [6.45, 7) is 0.0178. The molecule has 3 N–H and O–H groups in total. The molecule has 20 heavy (non-hydrogen) atoms. The first-order valence-electron chi connectivity index (χ1n) is 5.61. The van der Waals surface area contributed by atoms with Crippen LogP contribution >= 0.6 is 0 Å². The van der Waals surface area contributed by atoms with Gasteiger partial charge in [-0.1, -0.05) is 0 Å². The summed E-state index contributed by atoms with van der Waals surface area (Å²) in [4.78, 5) is 10.8. The molecule has 0 aliphatic carbocycles. The number of carboxylic acid groups (broad SMARTS) is 1. The molecule has 0 aromatic heterocycles. The minimum absolute atomic E-state index is 0.0163. The Balaban J connectivity index is 2.93. The molecule has 1 atom stereocenters. The van der Waals surface area contributed by atoms with E-state index >= 15 is 0 Å². The molecule has 0 saturated heterocycles. The Bertz CT molecular complexity index is 476. The lowest BCUT2D eigenvalue weighted by molar-refractivity contribution is -0.138. The lowest BCUT2D eigenvalue weighted by Gasteiger charge is -2.15. The van der Waals surface area contributed by atoms with Gasteiger partial charge in [0.25, 0.3) is 0 Å². The predicted molar refractivity (Wildman–Crippen MR) is 64.8 cm³/mol. The second-order valence-electron chi connectivity index (χ2n) is 4.05. The Morgan fingerprint density at radius 3 is 2.60 bits per heavy atom. The Kier molecular flexibility index (Phi) is 5.34. The first-order chi connectivity index (χ1) is 9.25. The number of methoxy groups -OCH3 is 1. The summed E-state index contributed by atoms with van der Waals surface area (Å²) >= 11 is 0. The second kappa shape index (κ2) is 6.58. The van der Waals surface area contributed by atoms with Crippen LogP contribution in [0.2, 0.25) is 0 Å². The zero-order valence-electron chi connectivity index (χ0n) is 10.6. The number of hydrogen-bond donors (Lipinski definition) is 3. The molecule has 0 bridgehead atoms. The molecular weight excluding hydrogens is 279 g/mol. The van der Waals surface area contributed by atoms with Crippen LogP contribution in [0.3, 0.4) is 0 Å². The molecule has 0 heterocycles. The molecular formula is C12H14F3NO4. The van der Waals surface area contributed by atoms with Gasteiger partial charge in [-0.3, -0.25) is 0 Å². The minimum Gasteiger partial charge on any atom is -0.478 e. The SMILES string of the molecule is COCC(O)CNc1ccc(C(=O)O)c(C(F)(F)F)c1. The van der Waals surface area contributed by atoms with Gasteiger partial charge in [0.1, 0.15) is 0 Å². The fourth-order valence-electron chi connectivity index (χ4n) is 1.56. The molecule has 0 fully saturated rings. The summed E-state index contributed by atoms with van der Waals surface area (Å²) in [7, 11) is 1.38. The van der Waals surface area contributed by atoms with Gasteiger partial charge < -0.3 is 20.3 Å². The van der Waals surface area contributed by atoms with Crippen LogP contribution in [0.5, 0.6) is 0 Å². The van der Waals surface area contributed by atoms with E-state index in [9.17, 15) is 23.1 Å². The summed E-state index contributed by atoms with van der Waals surface area (Å²) in [6.07, 6.45) is -5.65. The highest BCUT2D eigenvalue weighted by Gasteiger charge is 2.35. The molecule has 0 aliphatic heterocycles. The number of nitrogens with one attached hydrogen (secondary N) is 1. The van der Waals surface area contributed by atoms with Crippen molar-refractivity contribution in [3.63, 3.8) is 0 Å². The predicted octanol–water partition coefficient (Wildman–Crippen LogP) is 1.82. The molecule has 1 aromatic rings. The third-order valence-electron chi connectivity index (χ3n) is 2.46. The van der Waals surface area contributed by atoms with Crippen molar-refractivity contribution in [3.05, 3.63) is 29.3 Å². The number of hydrogen-bond acceptors (Lipinski definition) is 4. The van der Waals surface area contributed by atoms with E-state index in [1.54, 1.807) is 0 Å². The number of aromatic carboxylic acids is 1. The topological polar surface area (TPSA) is 78.8 Å². The molecule has 1 unspecified atom stereocenters. The molecule has 8 heteroatoms. The minimum atomic E-state index is -4.77. The summed E-state index contributed by atoms with van der Waals surface area (Å²) in [5, 5.41) is 20.7. The maximum Gasteiger partial charge on any atom is 0.417 e. The highest BCUT2D eigenvalue weighted by atomic mass is 19.4. The van der Waals surface area contributed by atoms with E-state index in [0.29, 0.717) is 6.07 Å². The second-order valence-corrected chi connectivity index (χ2v) is 4.05. The quantitative estimate of drug-likeness (QED) is 0.745. The van der Waals surface area contributed by atoms with Crippen molar-refractivity contribution in [2.45, 2.75) is 12.3 Å². The number of rotatable bonds is 6. The fourth-order valence-corrected chi connectivity index (χ4v) is 1.56. The Morgan fingerprint density at radius 2 is 2.10 bits per heavy atom. The third kappa shape index (κ3) is 4.39. The van der Waals surface area contributed by atoms with Crippen molar-refractivity contribution in [3.8, 4) is 0 Å². The van der Waals surface area contributed by atoms with Crippen LogP contribution in [-0.4, -0.2) is 42.5 Å². The third-order valence-corrected chi connectivity index (χ3v) is 2.46. The van der Waals surface area contributed by atoms with Gasteiger partial charge in [-0.15, -0.1) is 0 Å². The van der Waals surface area contributed by atoms with Gasteiger partial charge in [-0.2, -0.15) is 13.2 Å². The van der Waals surface area contributed by atoms with Crippen molar-refractivity contribution in [2.75, 3.05) is 25.6 Å². The number of benzene rings is 1. The smallest absolute Gasteiger partial charge is 0.417 e. The fraction of sp³-hybridized carbons (Fsp3) is 0.417. The van der Waals surface area contributed by atoms with Gasteiger partial charge in [0.2, 0.25) is 0 Å². The van der Waals surface area contributed by atoms with E-state index in [-0.39, 0.29) is 18.8 Å². The number of carboxylic acids is 1. The van der Waals surface area contributed by atoms with Gasteiger partial charge >= 0.3 is 12.1 Å².